The van der Waals surface area contributed by atoms with E-state index in [0.717, 1.165) is 53.3 Å². The highest BCUT2D eigenvalue weighted by atomic mass is 32.2. The van der Waals surface area contributed by atoms with E-state index in [9.17, 15) is 9.35 Å². The monoisotopic (exact) mass is 727 g/mol. The first-order valence-electron chi connectivity index (χ1n) is 17.4. The molecule has 0 bridgehead atoms. The van der Waals surface area contributed by atoms with Gasteiger partial charge in [-0.3, -0.25) is 4.79 Å². The molecule has 1 saturated heterocycles. The number of fused-ring (bicyclic) bond motifs is 1. The lowest BCUT2D eigenvalue weighted by Gasteiger charge is -2.28. The van der Waals surface area contributed by atoms with Crippen LogP contribution in [0, 0.1) is 0 Å². The maximum Gasteiger partial charge on any atom is 0.255 e. The smallest absolute Gasteiger partial charge is 0.255 e. The Kier molecular flexibility index (Phi) is 12.3. The van der Waals surface area contributed by atoms with Crippen molar-refractivity contribution in [3.05, 3.63) is 65.0 Å². The lowest BCUT2D eigenvalue weighted by Crippen LogP contribution is -2.42. The molecule has 0 saturated carbocycles. The van der Waals surface area contributed by atoms with Gasteiger partial charge in [-0.25, -0.2) is 9.97 Å². The number of nitrogens with one attached hydrogen (secondary N) is 1. The van der Waals surface area contributed by atoms with Gasteiger partial charge in [0.15, 0.2) is 0 Å². The number of hydrogen-bond donors (Lipinski definition) is 1. The summed E-state index contributed by atoms with van der Waals surface area (Å²) in [5.74, 6) is 0.864. The van der Waals surface area contributed by atoms with Crippen molar-refractivity contribution in [2.24, 2.45) is 7.05 Å². The number of ether oxygens (including phenoxy) is 4. The predicted molar refractivity (Wildman–Crippen MR) is 198 cm³/mol. The minimum Gasteiger partial charge on any atom is -0.598 e. The standard InChI is InChI=1S/C36H53N5O7SSi/c1-35(2,3)49(43)39-28(12-10-9-11-15-36(47-18-19-48-36)34-37-16-17-46-34)33-38-24-30(41(33)25-45-20-21-50(6,7)8)27-22-26-13-14-32(42)40(4)29(26)23-31(27)44-5/h13-14,16-17,22-24,28,39H,9-12,15,18-21,25H2,1-8H3/t28?,49-/m0/s1. The fourth-order valence-corrected chi connectivity index (χ4v) is 7.59. The minimum atomic E-state index is -1.35. The third kappa shape index (κ3) is 9.08. The zero-order chi connectivity index (χ0) is 36.1. The van der Waals surface area contributed by atoms with E-state index in [0.29, 0.717) is 44.3 Å². The number of methoxy groups -OCH3 is 1. The van der Waals surface area contributed by atoms with E-state index < -0.39 is 30.0 Å². The van der Waals surface area contributed by atoms with Crippen molar-refractivity contribution in [2.75, 3.05) is 26.9 Å². The van der Waals surface area contributed by atoms with Crippen LogP contribution >= 0.6 is 0 Å². The summed E-state index contributed by atoms with van der Waals surface area (Å²) in [6.07, 6.45) is 8.84. The molecule has 12 nitrogen and oxygen atoms in total. The van der Waals surface area contributed by atoms with Gasteiger partial charge in [-0.1, -0.05) is 32.5 Å². The van der Waals surface area contributed by atoms with Gasteiger partial charge in [-0.15, -0.1) is 4.72 Å². The highest BCUT2D eigenvalue weighted by Gasteiger charge is 2.42. The molecule has 4 aromatic rings. The molecule has 0 amide bonds. The minimum absolute atomic E-state index is 0.0905. The zero-order valence-corrected chi connectivity index (χ0v) is 32.6. The second-order valence-electron chi connectivity index (χ2n) is 15.1. The van der Waals surface area contributed by atoms with Gasteiger partial charge in [0.25, 0.3) is 11.4 Å². The van der Waals surface area contributed by atoms with Gasteiger partial charge in [0.1, 0.15) is 35.4 Å². The molecule has 1 aromatic carbocycles. The summed E-state index contributed by atoms with van der Waals surface area (Å²) in [5, 5.41) is 0.901. The Hall–Kier alpha value is -2.98. The Balaban J connectivity index is 1.44. The molecule has 1 unspecified atom stereocenters. The van der Waals surface area contributed by atoms with Crippen molar-refractivity contribution in [3.63, 3.8) is 0 Å². The van der Waals surface area contributed by atoms with Gasteiger partial charge >= 0.3 is 0 Å². The Bertz CT molecular complexity index is 1760. The van der Waals surface area contributed by atoms with Gasteiger partial charge in [0.05, 0.1) is 43.9 Å². The van der Waals surface area contributed by atoms with Crippen LogP contribution < -0.4 is 15.0 Å². The molecular weight excluding hydrogens is 675 g/mol. The molecule has 0 spiro atoms. The average molecular weight is 728 g/mol. The van der Waals surface area contributed by atoms with Crippen LogP contribution in [0.5, 0.6) is 5.75 Å². The topological polar surface area (TPSA) is 138 Å². The van der Waals surface area contributed by atoms with Crippen molar-refractivity contribution >= 4 is 30.3 Å². The van der Waals surface area contributed by atoms with Crippen LogP contribution in [-0.2, 0) is 45.1 Å². The summed E-state index contributed by atoms with van der Waals surface area (Å²) in [5.41, 5.74) is 2.33. The molecule has 1 aliphatic rings. The molecule has 274 valence electrons. The SMILES string of the molecule is COc1cc2c(ccc(=O)n2C)cc1-c1cnc(C(CCCCCC2(c3ncco3)OCCO2)N[S@@+]([O-])C(C)(C)C)n1COCC[Si](C)(C)C. The molecule has 50 heavy (non-hydrogen) atoms. The van der Waals surface area contributed by atoms with Gasteiger partial charge in [-0.2, -0.15) is 0 Å². The lowest BCUT2D eigenvalue weighted by molar-refractivity contribution is -0.187. The molecule has 1 fully saturated rings. The Morgan fingerprint density at radius 3 is 2.54 bits per heavy atom. The largest absolute Gasteiger partial charge is 0.598 e. The molecule has 1 aliphatic heterocycles. The number of aryl methyl sites for hydroxylation is 1. The van der Waals surface area contributed by atoms with E-state index in [-0.39, 0.29) is 18.3 Å². The molecule has 4 heterocycles. The molecule has 0 radical (unpaired) electrons. The third-order valence-electron chi connectivity index (χ3n) is 8.95. The number of hydrogen-bond acceptors (Lipinski definition) is 10. The maximum absolute atomic E-state index is 13.6. The van der Waals surface area contributed by atoms with E-state index in [1.807, 2.05) is 45.2 Å². The molecular formula is C36H53N5O7SSi. The van der Waals surface area contributed by atoms with Gasteiger partial charge < -0.3 is 37.1 Å². The van der Waals surface area contributed by atoms with E-state index in [2.05, 4.69) is 33.9 Å². The first-order valence-corrected chi connectivity index (χ1v) is 22.3. The van der Waals surface area contributed by atoms with E-state index >= 15 is 0 Å². The molecule has 5 rings (SSSR count). The first-order chi connectivity index (χ1) is 23.7. The molecule has 2 atom stereocenters. The number of nitrogens with zero attached hydrogens (tertiary/aromatic N) is 4. The highest BCUT2D eigenvalue weighted by molar-refractivity contribution is 7.90. The van der Waals surface area contributed by atoms with Crippen LogP contribution in [0.25, 0.3) is 22.2 Å². The van der Waals surface area contributed by atoms with E-state index in [1.165, 1.54) is 6.26 Å². The summed E-state index contributed by atoms with van der Waals surface area (Å²) in [6, 6.07) is 8.02. The number of benzene rings is 1. The van der Waals surface area contributed by atoms with Crippen LogP contribution in [0.2, 0.25) is 25.7 Å². The molecule has 1 N–H and O–H groups in total. The number of unbranched alkanes of at least 4 members (excludes halogenated alkanes) is 2. The van der Waals surface area contributed by atoms with Crippen LogP contribution in [0.1, 0.15) is 70.6 Å². The van der Waals surface area contributed by atoms with Crippen LogP contribution in [0.15, 0.2) is 52.1 Å². The average Bonchev–Trinajstić information content (AvgIpc) is 3.85. The van der Waals surface area contributed by atoms with Gasteiger partial charge in [0.2, 0.25) is 5.79 Å². The van der Waals surface area contributed by atoms with Crippen molar-refractivity contribution in [3.8, 4) is 17.0 Å². The number of oxazole rings is 1. The molecule has 3 aromatic heterocycles. The number of aromatic nitrogens is 4. The Morgan fingerprint density at radius 1 is 1.12 bits per heavy atom. The second kappa shape index (κ2) is 16.1. The second-order valence-corrected chi connectivity index (χ2v) is 22.7. The third-order valence-corrected chi connectivity index (χ3v) is 12.3. The first kappa shape index (κ1) is 38.3. The van der Waals surface area contributed by atoms with E-state index in [4.69, 9.17) is 28.3 Å². The predicted octanol–water partition coefficient (Wildman–Crippen LogP) is 6.65. The summed E-state index contributed by atoms with van der Waals surface area (Å²) >= 11 is -1.35. The summed E-state index contributed by atoms with van der Waals surface area (Å²) in [6.45, 7) is 14.8. The van der Waals surface area contributed by atoms with E-state index in [1.54, 1.807) is 31.0 Å². The Morgan fingerprint density at radius 2 is 1.88 bits per heavy atom. The van der Waals surface area contributed by atoms with Crippen LogP contribution in [0.3, 0.4) is 0 Å². The maximum atomic E-state index is 13.6. The zero-order valence-electron chi connectivity index (χ0n) is 30.7. The number of imidazole rings is 1. The molecule has 0 aliphatic carbocycles. The van der Waals surface area contributed by atoms with Crippen molar-refractivity contribution in [1.82, 2.24) is 23.8 Å². The lowest BCUT2D eigenvalue weighted by atomic mass is 10.0. The van der Waals surface area contributed by atoms with Crippen LogP contribution in [0.4, 0.5) is 0 Å². The van der Waals surface area contributed by atoms with Crippen LogP contribution in [-0.4, -0.2) is 63.4 Å². The molecule has 14 heteroatoms. The van der Waals surface area contributed by atoms with Crippen molar-refractivity contribution in [2.45, 2.75) is 102 Å². The van der Waals surface area contributed by atoms with Gasteiger partial charge in [-0.05, 0) is 57.2 Å². The number of rotatable bonds is 17. The summed E-state index contributed by atoms with van der Waals surface area (Å²) in [4.78, 5) is 21.7. The van der Waals surface area contributed by atoms with Crippen molar-refractivity contribution in [1.29, 1.82) is 0 Å². The fourth-order valence-electron chi connectivity index (χ4n) is 5.99. The highest BCUT2D eigenvalue weighted by Crippen LogP contribution is 2.38. The van der Waals surface area contributed by atoms with Crippen molar-refractivity contribution < 1.29 is 27.9 Å². The fraction of sp³-hybridized carbons (Fsp3) is 0.583. The van der Waals surface area contributed by atoms with Gasteiger partial charge in [0, 0.05) is 57.2 Å². The summed E-state index contributed by atoms with van der Waals surface area (Å²) < 4.78 is 50.0. The summed E-state index contributed by atoms with van der Waals surface area (Å²) in [7, 11) is 2.06. The number of pyridine rings is 1. The normalized spacial score (nSPS) is 16.3. The Labute approximate surface area is 299 Å². The quantitative estimate of drug-likeness (QED) is 0.0715.